The molecule has 1 aromatic rings. The topological polar surface area (TPSA) is 68.3 Å². The normalized spacial score (nSPS) is 20.0. The Morgan fingerprint density at radius 1 is 1.19 bits per heavy atom. The number of nitrogens with zero attached hydrogens (tertiary/aromatic N) is 2. The van der Waals surface area contributed by atoms with Crippen molar-refractivity contribution in [2.75, 3.05) is 27.2 Å². The molecular formula is C19H28N2O5. The van der Waals surface area contributed by atoms with Crippen molar-refractivity contribution < 1.29 is 23.8 Å². The summed E-state index contributed by atoms with van der Waals surface area (Å²) in [6, 6.07) is 9.20. The van der Waals surface area contributed by atoms with Crippen LogP contribution in [-0.4, -0.2) is 67.0 Å². The Balaban J connectivity index is 1.94. The smallest absolute Gasteiger partial charge is 0.410 e. The molecule has 2 amide bonds. The lowest BCUT2D eigenvalue weighted by atomic mass is 10.2. The maximum Gasteiger partial charge on any atom is 0.410 e. The summed E-state index contributed by atoms with van der Waals surface area (Å²) >= 11 is 0. The van der Waals surface area contributed by atoms with Crippen LogP contribution in [-0.2, 0) is 20.8 Å². The van der Waals surface area contributed by atoms with Gasteiger partial charge in [-0.2, -0.15) is 0 Å². The average Bonchev–Trinajstić information content (AvgIpc) is 3.02. The molecule has 26 heavy (non-hydrogen) atoms. The highest BCUT2D eigenvalue weighted by atomic mass is 16.6. The van der Waals surface area contributed by atoms with Crippen LogP contribution in [0.5, 0.6) is 0 Å². The van der Waals surface area contributed by atoms with Gasteiger partial charge in [0.05, 0.1) is 18.7 Å². The minimum atomic E-state index is -0.583. The van der Waals surface area contributed by atoms with Gasteiger partial charge in [-0.15, -0.1) is 0 Å². The predicted octanol–water partition coefficient (Wildman–Crippen LogP) is 2.89. The van der Waals surface area contributed by atoms with E-state index in [1.54, 1.807) is 19.1 Å². The van der Waals surface area contributed by atoms with Crippen LogP contribution in [0.25, 0.3) is 0 Å². The minimum Gasteiger partial charge on any atom is -0.445 e. The van der Waals surface area contributed by atoms with Crippen LogP contribution in [0.2, 0.25) is 0 Å². The molecule has 0 aromatic heterocycles. The minimum absolute atomic E-state index is 0.209. The molecule has 0 aliphatic carbocycles. The summed E-state index contributed by atoms with van der Waals surface area (Å²) < 4.78 is 16.2. The van der Waals surface area contributed by atoms with Crippen molar-refractivity contribution in [1.82, 2.24) is 9.80 Å². The van der Waals surface area contributed by atoms with E-state index in [0.29, 0.717) is 13.1 Å². The molecule has 1 saturated heterocycles. The molecule has 0 spiro atoms. The molecule has 0 N–H and O–H groups in total. The van der Waals surface area contributed by atoms with E-state index in [-0.39, 0.29) is 18.8 Å². The van der Waals surface area contributed by atoms with Crippen molar-refractivity contribution in [3.8, 4) is 0 Å². The van der Waals surface area contributed by atoms with Crippen LogP contribution in [0.4, 0.5) is 9.59 Å². The standard InChI is InChI=1S/C19H28N2O5/c1-19(2,3)26-17(22)20(4)15-11-21(12-16(15)24-5)18(23)25-13-14-9-7-6-8-10-14/h6-10,15-16H,11-13H2,1-5H3/t15-,16-/m1/s1. The number of carbonyl (C=O) groups is 2. The fourth-order valence-electron chi connectivity index (χ4n) is 2.79. The summed E-state index contributed by atoms with van der Waals surface area (Å²) in [7, 11) is 3.23. The van der Waals surface area contributed by atoms with Crippen molar-refractivity contribution in [1.29, 1.82) is 0 Å². The maximum atomic E-state index is 12.4. The van der Waals surface area contributed by atoms with Crippen molar-refractivity contribution in [3.05, 3.63) is 35.9 Å². The lowest BCUT2D eigenvalue weighted by molar-refractivity contribution is 0.00378. The van der Waals surface area contributed by atoms with Crippen molar-refractivity contribution >= 4 is 12.2 Å². The van der Waals surface area contributed by atoms with Crippen LogP contribution >= 0.6 is 0 Å². The van der Waals surface area contributed by atoms with Gasteiger partial charge < -0.3 is 24.0 Å². The number of likely N-dealkylation sites (tertiary alicyclic amines) is 1. The number of benzene rings is 1. The SMILES string of the molecule is CO[C@@H]1CN(C(=O)OCc2ccccc2)C[C@H]1N(C)C(=O)OC(C)(C)C. The Labute approximate surface area is 154 Å². The zero-order valence-corrected chi connectivity index (χ0v) is 16.1. The molecule has 7 heteroatoms. The van der Waals surface area contributed by atoms with Crippen LogP contribution in [0.1, 0.15) is 26.3 Å². The van der Waals surface area contributed by atoms with E-state index in [0.717, 1.165) is 5.56 Å². The van der Waals surface area contributed by atoms with E-state index in [1.165, 1.54) is 4.90 Å². The van der Waals surface area contributed by atoms with Gasteiger partial charge in [0.25, 0.3) is 0 Å². The van der Waals surface area contributed by atoms with Crippen LogP contribution in [0.3, 0.4) is 0 Å². The summed E-state index contributed by atoms with van der Waals surface area (Å²) in [6.45, 7) is 6.35. The van der Waals surface area contributed by atoms with Crippen molar-refractivity contribution in [2.24, 2.45) is 0 Å². The van der Waals surface area contributed by atoms with Crippen molar-refractivity contribution in [3.63, 3.8) is 0 Å². The molecule has 1 aliphatic heterocycles. The highest BCUT2D eigenvalue weighted by Crippen LogP contribution is 2.21. The highest BCUT2D eigenvalue weighted by Gasteiger charge is 2.41. The van der Waals surface area contributed by atoms with E-state index in [4.69, 9.17) is 14.2 Å². The molecule has 2 rings (SSSR count). The first-order valence-corrected chi connectivity index (χ1v) is 8.65. The van der Waals surface area contributed by atoms with Crippen molar-refractivity contribution in [2.45, 2.75) is 45.1 Å². The number of carbonyl (C=O) groups excluding carboxylic acids is 2. The third-order valence-corrected chi connectivity index (χ3v) is 4.18. The Hall–Kier alpha value is -2.28. The number of rotatable bonds is 4. The van der Waals surface area contributed by atoms with E-state index in [1.807, 2.05) is 51.1 Å². The molecule has 0 radical (unpaired) electrons. The highest BCUT2D eigenvalue weighted by molar-refractivity contribution is 5.70. The average molecular weight is 364 g/mol. The summed E-state index contributed by atoms with van der Waals surface area (Å²) in [5, 5.41) is 0. The predicted molar refractivity (Wildman–Crippen MR) is 96.8 cm³/mol. The Morgan fingerprint density at radius 2 is 1.85 bits per heavy atom. The first-order valence-electron chi connectivity index (χ1n) is 8.65. The van der Waals surface area contributed by atoms with Gasteiger partial charge in [-0.1, -0.05) is 30.3 Å². The summed E-state index contributed by atoms with van der Waals surface area (Å²) in [6.07, 6.45) is -1.16. The second-order valence-electron chi connectivity index (χ2n) is 7.38. The Kier molecular flexibility index (Phi) is 6.47. The molecule has 1 heterocycles. The number of hydrogen-bond donors (Lipinski definition) is 0. The fourth-order valence-corrected chi connectivity index (χ4v) is 2.79. The molecule has 1 fully saturated rings. The lowest BCUT2D eigenvalue weighted by Gasteiger charge is -2.30. The van der Waals surface area contributed by atoms with E-state index in [9.17, 15) is 9.59 Å². The van der Waals surface area contributed by atoms with Crippen LogP contribution < -0.4 is 0 Å². The van der Waals surface area contributed by atoms with E-state index in [2.05, 4.69) is 0 Å². The van der Waals surface area contributed by atoms with Gasteiger partial charge in [-0.25, -0.2) is 9.59 Å². The quantitative estimate of drug-likeness (QED) is 0.822. The third kappa shape index (κ3) is 5.36. The van der Waals surface area contributed by atoms with Gasteiger partial charge in [0.1, 0.15) is 12.2 Å². The molecular weight excluding hydrogens is 336 g/mol. The first kappa shape index (κ1) is 20.0. The number of amides is 2. The van der Waals surface area contributed by atoms with Gasteiger partial charge in [0, 0.05) is 20.7 Å². The molecule has 0 bridgehead atoms. The second-order valence-corrected chi connectivity index (χ2v) is 7.38. The lowest BCUT2D eigenvalue weighted by Crippen LogP contribution is -2.47. The largest absolute Gasteiger partial charge is 0.445 e. The Morgan fingerprint density at radius 3 is 2.42 bits per heavy atom. The number of ether oxygens (including phenoxy) is 3. The van der Waals surface area contributed by atoms with Crippen LogP contribution in [0.15, 0.2) is 30.3 Å². The molecule has 1 aromatic carbocycles. The second kappa shape index (κ2) is 8.40. The van der Waals surface area contributed by atoms with E-state index < -0.39 is 17.8 Å². The van der Waals surface area contributed by atoms with Gasteiger partial charge in [0.2, 0.25) is 0 Å². The van der Waals surface area contributed by atoms with Crippen LogP contribution in [0, 0.1) is 0 Å². The van der Waals surface area contributed by atoms with Gasteiger partial charge in [-0.3, -0.25) is 0 Å². The van der Waals surface area contributed by atoms with Gasteiger partial charge in [-0.05, 0) is 26.3 Å². The molecule has 144 valence electrons. The van der Waals surface area contributed by atoms with Gasteiger partial charge >= 0.3 is 12.2 Å². The summed E-state index contributed by atoms with van der Waals surface area (Å²) in [4.78, 5) is 27.7. The first-order chi connectivity index (χ1) is 12.2. The number of likely N-dealkylation sites (N-methyl/N-ethyl adjacent to an activating group) is 1. The summed E-state index contributed by atoms with van der Waals surface area (Å²) in [5.74, 6) is 0. The third-order valence-electron chi connectivity index (χ3n) is 4.18. The zero-order valence-electron chi connectivity index (χ0n) is 16.1. The fraction of sp³-hybridized carbons (Fsp3) is 0.579. The molecule has 2 atom stereocenters. The molecule has 0 unspecified atom stereocenters. The van der Waals surface area contributed by atoms with E-state index >= 15 is 0 Å². The Bertz CT molecular complexity index is 614. The number of hydrogen-bond acceptors (Lipinski definition) is 5. The molecule has 7 nitrogen and oxygen atoms in total. The molecule has 1 aliphatic rings. The van der Waals surface area contributed by atoms with Gasteiger partial charge in [0.15, 0.2) is 0 Å². The monoisotopic (exact) mass is 364 g/mol. The zero-order chi connectivity index (χ0) is 19.3. The maximum absolute atomic E-state index is 12.4. The summed E-state index contributed by atoms with van der Waals surface area (Å²) in [5.41, 5.74) is 0.339. The number of methoxy groups -OCH3 is 1. The molecule has 0 saturated carbocycles.